The van der Waals surface area contributed by atoms with Crippen molar-refractivity contribution in [2.45, 2.75) is 6.18 Å². The van der Waals surface area contributed by atoms with Gasteiger partial charge < -0.3 is 4.98 Å². The molecule has 0 unspecified atom stereocenters. The summed E-state index contributed by atoms with van der Waals surface area (Å²) in [7, 11) is 0. The van der Waals surface area contributed by atoms with Gasteiger partial charge in [0.1, 0.15) is 5.69 Å². The van der Waals surface area contributed by atoms with Crippen molar-refractivity contribution in [3.05, 3.63) is 35.5 Å². The highest BCUT2D eigenvalue weighted by Crippen LogP contribution is 2.31. The van der Waals surface area contributed by atoms with E-state index in [-0.39, 0.29) is 5.56 Å². The Hall–Kier alpha value is -1.78. The Balaban J connectivity index is 2.70. The first kappa shape index (κ1) is 9.76. The molecule has 0 saturated heterocycles. The summed E-state index contributed by atoms with van der Waals surface area (Å²) in [6.45, 7) is 0. The van der Waals surface area contributed by atoms with Crippen LogP contribution < -0.4 is 0 Å². The van der Waals surface area contributed by atoms with Crippen LogP contribution in [0.5, 0.6) is 0 Å². The molecule has 0 aliphatic carbocycles. The minimum Gasteiger partial charge on any atom is -0.351 e. The number of carbonyl (C=O) groups is 1. The fraction of sp³-hybridized carbons (Fsp3) is 0.100. The number of rotatable bonds is 1. The SMILES string of the molecule is O=Cc1cccc2[nH]c(C(F)(F)F)cc12. The molecule has 0 spiro atoms. The van der Waals surface area contributed by atoms with E-state index < -0.39 is 11.9 Å². The van der Waals surface area contributed by atoms with Crippen molar-refractivity contribution < 1.29 is 18.0 Å². The van der Waals surface area contributed by atoms with Crippen LogP contribution in [-0.2, 0) is 6.18 Å². The van der Waals surface area contributed by atoms with Gasteiger partial charge in [-0.1, -0.05) is 12.1 Å². The third kappa shape index (κ3) is 1.60. The molecule has 0 aliphatic rings. The molecule has 0 aliphatic heterocycles. The number of alkyl halides is 3. The number of hydrogen-bond acceptors (Lipinski definition) is 1. The molecule has 78 valence electrons. The maximum atomic E-state index is 12.3. The Kier molecular flexibility index (Phi) is 2.03. The molecule has 0 fully saturated rings. The molecule has 0 amide bonds. The summed E-state index contributed by atoms with van der Waals surface area (Å²) in [6.07, 6.45) is -3.88. The first-order chi connectivity index (χ1) is 7.02. The van der Waals surface area contributed by atoms with E-state index in [1.165, 1.54) is 18.2 Å². The van der Waals surface area contributed by atoms with Crippen molar-refractivity contribution in [3.8, 4) is 0 Å². The number of fused-ring (bicyclic) bond motifs is 1. The van der Waals surface area contributed by atoms with E-state index in [1.54, 1.807) is 0 Å². The molecule has 1 aromatic carbocycles. The van der Waals surface area contributed by atoms with Crippen molar-refractivity contribution in [3.63, 3.8) is 0 Å². The summed E-state index contributed by atoms with van der Waals surface area (Å²) < 4.78 is 37.0. The maximum Gasteiger partial charge on any atom is 0.431 e. The second-order valence-corrected chi connectivity index (χ2v) is 3.11. The topological polar surface area (TPSA) is 32.9 Å². The van der Waals surface area contributed by atoms with Crippen LogP contribution in [0.2, 0.25) is 0 Å². The first-order valence-electron chi connectivity index (χ1n) is 4.16. The van der Waals surface area contributed by atoms with E-state index in [2.05, 4.69) is 4.98 Å². The Morgan fingerprint density at radius 1 is 1.27 bits per heavy atom. The smallest absolute Gasteiger partial charge is 0.351 e. The number of carbonyl (C=O) groups excluding carboxylic acids is 1. The van der Waals surface area contributed by atoms with Gasteiger partial charge >= 0.3 is 6.18 Å². The second kappa shape index (κ2) is 3.12. The molecule has 1 aromatic heterocycles. The van der Waals surface area contributed by atoms with Crippen LogP contribution in [0, 0.1) is 0 Å². The summed E-state index contributed by atoms with van der Waals surface area (Å²) in [4.78, 5) is 12.8. The van der Waals surface area contributed by atoms with Gasteiger partial charge in [0.15, 0.2) is 6.29 Å². The lowest BCUT2D eigenvalue weighted by Gasteiger charge is -2.00. The largest absolute Gasteiger partial charge is 0.431 e. The zero-order valence-electron chi connectivity index (χ0n) is 7.43. The summed E-state index contributed by atoms with van der Waals surface area (Å²) in [6, 6.07) is 5.45. The Morgan fingerprint density at radius 3 is 2.60 bits per heavy atom. The average Bonchev–Trinajstić information content (AvgIpc) is 2.59. The van der Waals surface area contributed by atoms with Crippen LogP contribution >= 0.6 is 0 Å². The molecule has 0 bridgehead atoms. The van der Waals surface area contributed by atoms with Crippen molar-refractivity contribution >= 4 is 17.2 Å². The highest BCUT2D eigenvalue weighted by atomic mass is 19.4. The monoisotopic (exact) mass is 213 g/mol. The highest BCUT2D eigenvalue weighted by Gasteiger charge is 2.32. The van der Waals surface area contributed by atoms with Crippen LogP contribution in [0.4, 0.5) is 13.2 Å². The van der Waals surface area contributed by atoms with Crippen molar-refractivity contribution in [1.82, 2.24) is 4.98 Å². The molecule has 1 heterocycles. The summed E-state index contributed by atoms with van der Waals surface area (Å²) >= 11 is 0. The van der Waals surface area contributed by atoms with E-state index >= 15 is 0 Å². The minimum atomic E-state index is -4.42. The van der Waals surface area contributed by atoms with E-state index in [0.717, 1.165) is 6.07 Å². The van der Waals surface area contributed by atoms with Gasteiger partial charge in [0.2, 0.25) is 0 Å². The van der Waals surface area contributed by atoms with Crippen LogP contribution in [-0.4, -0.2) is 11.3 Å². The van der Waals surface area contributed by atoms with Crippen LogP contribution in [0.15, 0.2) is 24.3 Å². The summed E-state index contributed by atoms with van der Waals surface area (Å²) in [5.41, 5.74) is -0.280. The minimum absolute atomic E-state index is 0.249. The van der Waals surface area contributed by atoms with Crippen molar-refractivity contribution in [1.29, 1.82) is 0 Å². The number of aromatic nitrogens is 1. The first-order valence-corrected chi connectivity index (χ1v) is 4.16. The molecule has 0 atom stereocenters. The summed E-state index contributed by atoms with van der Waals surface area (Å²) in [5, 5.41) is 0.292. The predicted molar refractivity (Wildman–Crippen MR) is 48.7 cm³/mol. The quantitative estimate of drug-likeness (QED) is 0.725. The maximum absolute atomic E-state index is 12.3. The number of aromatic amines is 1. The van der Waals surface area contributed by atoms with Gasteiger partial charge in [0.25, 0.3) is 0 Å². The molecule has 0 radical (unpaired) electrons. The lowest BCUT2D eigenvalue weighted by molar-refractivity contribution is -0.140. The third-order valence-corrected chi connectivity index (χ3v) is 2.13. The van der Waals surface area contributed by atoms with Gasteiger partial charge in [-0.05, 0) is 12.1 Å². The van der Waals surface area contributed by atoms with Crippen LogP contribution in [0.3, 0.4) is 0 Å². The molecule has 15 heavy (non-hydrogen) atoms. The zero-order chi connectivity index (χ0) is 11.1. The summed E-state index contributed by atoms with van der Waals surface area (Å²) in [5.74, 6) is 0. The molecule has 2 nitrogen and oxygen atoms in total. The lowest BCUT2D eigenvalue weighted by atomic mass is 10.1. The van der Waals surface area contributed by atoms with Gasteiger partial charge in [0, 0.05) is 16.5 Å². The molecule has 5 heteroatoms. The molecule has 0 saturated carbocycles. The number of halogens is 3. The van der Waals surface area contributed by atoms with Crippen molar-refractivity contribution in [2.24, 2.45) is 0 Å². The molecule has 2 rings (SSSR count). The Labute approximate surface area is 82.7 Å². The Morgan fingerprint density at radius 2 is 2.00 bits per heavy atom. The fourth-order valence-electron chi connectivity index (χ4n) is 1.43. The number of benzene rings is 1. The van der Waals surface area contributed by atoms with Crippen LogP contribution in [0.1, 0.15) is 16.1 Å². The third-order valence-electron chi connectivity index (χ3n) is 2.13. The second-order valence-electron chi connectivity index (χ2n) is 3.11. The molecule has 1 N–H and O–H groups in total. The average molecular weight is 213 g/mol. The number of aldehydes is 1. The van der Waals surface area contributed by atoms with Gasteiger partial charge in [-0.3, -0.25) is 4.79 Å². The molecular weight excluding hydrogens is 207 g/mol. The van der Waals surface area contributed by atoms with Gasteiger partial charge in [-0.2, -0.15) is 13.2 Å². The number of H-pyrrole nitrogens is 1. The van der Waals surface area contributed by atoms with Gasteiger partial charge in [0.05, 0.1) is 0 Å². The van der Waals surface area contributed by atoms with Crippen LogP contribution in [0.25, 0.3) is 10.9 Å². The van der Waals surface area contributed by atoms with Gasteiger partial charge in [-0.25, -0.2) is 0 Å². The van der Waals surface area contributed by atoms with E-state index in [9.17, 15) is 18.0 Å². The zero-order valence-corrected chi connectivity index (χ0v) is 7.43. The lowest BCUT2D eigenvalue weighted by Crippen LogP contribution is -2.04. The Bertz CT molecular complexity index is 513. The van der Waals surface area contributed by atoms with E-state index in [1.807, 2.05) is 0 Å². The number of hydrogen-bond donors (Lipinski definition) is 1. The van der Waals surface area contributed by atoms with E-state index in [4.69, 9.17) is 0 Å². The van der Waals surface area contributed by atoms with Crippen molar-refractivity contribution in [2.75, 3.05) is 0 Å². The molecule has 2 aromatic rings. The van der Waals surface area contributed by atoms with Gasteiger partial charge in [-0.15, -0.1) is 0 Å². The standard InChI is InChI=1S/C10H6F3NO/c11-10(12,13)9-4-7-6(5-15)2-1-3-8(7)14-9/h1-5,14H. The predicted octanol–water partition coefficient (Wildman–Crippen LogP) is 3.00. The fourth-order valence-corrected chi connectivity index (χ4v) is 1.43. The normalized spacial score (nSPS) is 11.9. The van der Waals surface area contributed by atoms with E-state index in [0.29, 0.717) is 17.2 Å². The number of nitrogens with one attached hydrogen (secondary N) is 1. The molecular formula is C10H6F3NO. The highest BCUT2D eigenvalue weighted by molar-refractivity contribution is 5.97.